The molecule has 15 atom stereocenters. The number of hydrogen-bond donors (Lipinski definition) is 3. The molecule has 0 radical (unpaired) electrons. The van der Waals surface area contributed by atoms with Gasteiger partial charge in [0, 0.05) is 0 Å². The normalized spacial score (nSPS) is 25.7. The van der Waals surface area contributed by atoms with Crippen molar-refractivity contribution in [1.29, 1.82) is 0 Å². The fourth-order valence-electron chi connectivity index (χ4n) is 13.5. The van der Waals surface area contributed by atoms with Gasteiger partial charge in [-0.3, -0.25) is 0 Å². The molecule has 17 heteroatoms. The van der Waals surface area contributed by atoms with Crippen molar-refractivity contribution in [2.75, 3.05) is 19.8 Å². The fourth-order valence-corrected chi connectivity index (χ4v) is 18.0. The zero-order valence-corrected chi connectivity index (χ0v) is 57.9. The summed E-state index contributed by atoms with van der Waals surface area (Å²) in [4.78, 5) is 0. The lowest BCUT2D eigenvalue weighted by molar-refractivity contribution is -0.392. The van der Waals surface area contributed by atoms with Gasteiger partial charge in [-0.1, -0.05) is 294 Å². The molecule has 0 saturated carbocycles. The van der Waals surface area contributed by atoms with Crippen LogP contribution in [0, 0.1) is 0 Å². The van der Waals surface area contributed by atoms with Crippen LogP contribution in [-0.2, 0) is 108 Å². The minimum atomic E-state index is -3.34. The summed E-state index contributed by atoms with van der Waals surface area (Å²) in [5.74, 6) is 0. The maximum Gasteiger partial charge on any atom is 0.261 e. The minimum Gasteiger partial charge on any atom is -0.405 e. The van der Waals surface area contributed by atoms with E-state index in [1.54, 1.807) is 0 Å². The van der Waals surface area contributed by atoms with E-state index in [1.165, 1.54) is 0 Å². The second kappa shape index (κ2) is 35.9. The van der Waals surface area contributed by atoms with Crippen LogP contribution in [0.15, 0.2) is 273 Å². The van der Waals surface area contributed by atoms with Crippen molar-refractivity contribution in [2.45, 2.75) is 164 Å². The molecule has 100 heavy (non-hydrogen) atoms. The van der Waals surface area contributed by atoms with Gasteiger partial charge in [0.25, 0.3) is 8.32 Å². The Kier molecular flexibility index (Phi) is 26.0. The van der Waals surface area contributed by atoms with Crippen LogP contribution in [0.1, 0.15) is 59.7 Å². The van der Waals surface area contributed by atoms with E-state index in [4.69, 9.17) is 61.3 Å². The Balaban J connectivity index is 0.994. The van der Waals surface area contributed by atoms with Gasteiger partial charge >= 0.3 is 0 Å². The highest BCUT2D eigenvalue weighted by atomic mass is 28.4. The van der Waals surface area contributed by atoms with E-state index >= 15 is 0 Å². The molecular weight excluding hydrogens is 1280 g/mol. The van der Waals surface area contributed by atoms with Crippen LogP contribution in [0.25, 0.3) is 0 Å². The summed E-state index contributed by atoms with van der Waals surface area (Å²) in [6.07, 6.45) is -18.1. The smallest absolute Gasteiger partial charge is 0.261 e. The Morgan fingerprint density at radius 1 is 0.320 bits per heavy atom. The first-order valence-corrected chi connectivity index (χ1v) is 36.5. The Labute approximate surface area is 588 Å². The Bertz CT molecular complexity index is 3720. The largest absolute Gasteiger partial charge is 0.405 e. The van der Waals surface area contributed by atoms with Gasteiger partial charge in [0.2, 0.25) is 0 Å². The van der Waals surface area contributed by atoms with E-state index in [1.807, 2.05) is 249 Å². The van der Waals surface area contributed by atoms with Gasteiger partial charge in [0.1, 0.15) is 73.2 Å². The molecule has 0 bridgehead atoms. The van der Waals surface area contributed by atoms with Crippen LogP contribution in [0.5, 0.6) is 0 Å². The summed E-state index contributed by atoms with van der Waals surface area (Å²) in [6.45, 7) is 6.51. The third-order valence-electron chi connectivity index (χ3n) is 18.6. The lowest BCUT2D eigenvalue weighted by atomic mass is 9.95. The molecule has 3 N–H and O–H groups in total. The number of benzene rings is 9. The zero-order valence-electron chi connectivity index (χ0n) is 56.9. The van der Waals surface area contributed by atoms with Gasteiger partial charge in [0.15, 0.2) is 18.9 Å². The number of aliphatic hydroxyl groups excluding tert-OH is 3. The van der Waals surface area contributed by atoms with Crippen molar-refractivity contribution in [3.05, 3.63) is 312 Å². The van der Waals surface area contributed by atoms with Crippen molar-refractivity contribution in [3.8, 4) is 0 Å². The molecule has 3 aliphatic heterocycles. The van der Waals surface area contributed by atoms with E-state index in [9.17, 15) is 15.3 Å². The first kappa shape index (κ1) is 72.3. The Morgan fingerprint density at radius 2 is 0.610 bits per heavy atom. The van der Waals surface area contributed by atoms with Crippen LogP contribution < -0.4 is 10.4 Å². The zero-order chi connectivity index (χ0) is 68.9. The van der Waals surface area contributed by atoms with Gasteiger partial charge < -0.3 is 76.6 Å². The van der Waals surface area contributed by atoms with E-state index in [-0.39, 0.29) is 59.5 Å². The van der Waals surface area contributed by atoms with Crippen LogP contribution in [0.3, 0.4) is 0 Å². The summed E-state index contributed by atoms with van der Waals surface area (Å²) in [5.41, 5.74) is 6.04. The molecule has 524 valence electrons. The maximum absolute atomic E-state index is 12.7. The fraction of sp³-hybridized carbons (Fsp3) is 0.349. The summed E-state index contributed by atoms with van der Waals surface area (Å²) < 4.78 is 93.6. The highest BCUT2D eigenvalue weighted by Crippen LogP contribution is 2.41. The molecule has 0 unspecified atom stereocenters. The van der Waals surface area contributed by atoms with Gasteiger partial charge in [-0.15, -0.1) is 0 Å². The number of ether oxygens (including phenoxy) is 12. The van der Waals surface area contributed by atoms with Crippen molar-refractivity contribution >= 4 is 18.7 Å². The van der Waals surface area contributed by atoms with Gasteiger partial charge in [0.05, 0.1) is 66.1 Å². The molecule has 3 aliphatic rings. The van der Waals surface area contributed by atoms with Gasteiger partial charge in [-0.05, 0) is 54.4 Å². The van der Waals surface area contributed by atoms with Crippen LogP contribution in [0.2, 0.25) is 5.04 Å². The predicted molar refractivity (Wildman–Crippen MR) is 381 cm³/mol. The summed E-state index contributed by atoms with van der Waals surface area (Å²) in [5, 5.41) is 37.7. The van der Waals surface area contributed by atoms with Crippen LogP contribution in [-0.4, -0.2) is 136 Å². The highest BCUT2D eigenvalue weighted by molar-refractivity contribution is 6.99. The number of rotatable bonds is 32. The molecule has 3 fully saturated rings. The lowest BCUT2D eigenvalue weighted by Crippen LogP contribution is -2.69. The molecule has 9 aromatic carbocycles. The molecule has 3 heterocycles. The Hall–Kier alpha value is -7.44. The molecule has 0 aliphatic carbocycles. The van der Waals surface area contributed by atoms with E-state index in [2.05, 4.69) is 45.0 Å². The monoisotopic (exact) mass is 1370 g/mol. The van der Waals surface area contributed by atoms with E-state index in [0.717, 1.165) is 49.3 Å². The quantitative estimate of drug-likeness (QED) is 0.0339. The summed E-state index contributed by atoms with van der Waals surface area (Å²) in [6, 6.07) is 89.0. The molecule has 3 saturated heterocycles. The second-order valence-electron chi connectivity index (χ2n) is 26.6. The van der Waals surface area contributed by atoms with Gasteiger partial charge in [-0.25, -0.2) is 0 Å². The SMILES string of the molecule is CC(C)(C)[Si](OC[C@H]1O[C@H](O)[C@H](OCc2ccccc2)[C@@H](OCc2ccccc2)[C@@H]1O[C@H]1O[C@H](COCc2ccccc2)[C@@H](O[C@H]2O[C@H](CO)[C@@H](O)[C@H](OCc3ccccc3)[C@H]2OCc2ccccc2)[C@H](OCc2ccccc2)[C@H]1OCc1ccccc1)(c1ccccc1)c1ccccc1. The number of aliphatic hydroxyl groups is 3. The van der Waals surface area contributed by atoms with Crippen LogP contribution in [0.4, 0.5) is 0 Å². The predicted octanol–water partition coefficient (Wildman–Crippen LogP) is 11.6. The molecular formula is C83H92O16Si. The van der Waals surface area contributed by atoms with E-state index in [0.29, 0.717) is 0 Å². The molecule has 0 spiro atoms. The molecule has 0 aromatic heterocycles. The molecule has 0 amide bonds. The average molecular weight is 1370 g/mol. The summed E-state index contributed by atoms with van der Waals surface area (Å²) in [7, 11) is -3.34. The van der Waals surface area contributed by atoms with E-state index < -0.39 is 112 Å². The molecule has 12 rings (SSSR count). The van der Waals surface area contributed by atoms with Crippen LogP contribution >= 0.6 is 0 Å². The minimum absolute atomic E-state index is 0.0513. The average Bonchev–Trinajstić information content (AvgIpc) is 0.748. The van der Waals surface area contributed by atoms with Crippen molar-refractivity contribution < 1.29 is 76.6 Å². The van der Waals surface area contributed by atoms with Crippen molar-refractivity contribution in [1.82, 2.24) is 0 Å². The third kappa shape index (κ3) is 18.6. The first-order valence-electron chi connectivity index (χ1n) is 34.6. The molecule has 9 aromatic rings. The summed E-state index contributed by atoms with van der Waals surface area (Å²) >= 11 is 0. The highest BCUT2D eigenvalue weighted by Gasteiger charge is 2.58. The van der Waals surface area contributed by atoms with Gasteiger partial charge in [-0.2, -0.15) is 0 Å². The third-order valence-corrected chi connectivity index (χ3v) is 23.6. The Morgan fingerprint density at radius 3 is 0.970 bits per heavy atom. The standard InChI is InChI=1S/C83H92O16Si/c1-83(2,3)100(66-45-27-11-28-46-66,67-47-29-12-30-48-67)94-58-70-73(75(89-52-61-35-17-6-18-36-61)77(80(86)95-70)91-54-63-39-21-8-22-40-63)99-82-79(93-56-65-43-25-10-26-44-65)76(90-53-62-37-19-7-20-38-62)72(69(97-82)57-87-50-59-31-13-4-14-32-59)98-81-78(92-55-64-41-23-9-24-42-64)74(71(85)68(49-84)96-81)88-51-60-33-15-5-16-34-60/h4-48,68-82,84-86H,49-58H2,1-3H3/t68-,69-,70-,71-,72-,73-,74+,75+,76+,77-,78-,79-,80+,81-,82-/m1/s1. The maximum atomic E-state index is 12.7. The van der Waals surface area contributed by atoms with Crippen molar-refractivity contribution in [2.24, 2.45) is 0 Å². The molecule has 16 nitrogen and oxygen atoms in total. The number of hydrogen-bond acceptors (Lipinski definition) is 16. The van der Waals surface area contributed by atoms with Crippen molar-refractivity contribution in [3.63, 3.8) is 0 Å². The lowest BCUT2D eigenvalue weighted by Gasteiger charge is -2.51. The topological polar surface area (TPSA) is 181 Å². The second-order valence-corrected chi connectivity index (χ2v) is 30.9. The first-order chi connectivity index (χ1) is 49.0.